The van der Waals surface area contributed by atoms with Gasteiger partial charge in [0.05, 0.1) is 5.75 Å². The molecule has 8 heteroatoms. The number of hydrogen-bond donors (Lipinski definition) is 0. The van der Waals surface area contributed by atoms with Gasteiger partial charge in [-0.3, -0.25) is 9.97 Å². The van der Waals surface area contributed by atoms with Crippen LogP contribution in [0.1, 0.15) is 54.5 Å². The van der Waals surface area contributed by atoms with Gasteiger partial charge in [0.2, 0.25) is 5.82 Å². The van der Waals surface area contributed by atoms with Gasteiger partial charge in [-0.25, -0.2) is 18.4 Å². The van der Waals surface area contributed by atoms with Crippen LogP contribution in [0.15, 0.2) is 80.9 Å². The van der Waals surface area contributed by atoms with Crippen LogP contribution in [0.5, 0.6) is 0 Å². The van der Waals surface area contributed by atoms with E-state index in [1.807, 2.05) is 58.3 Å². The summed E-state index contributed by atoms with van der Waals surface area (Å²) in [5.74, 6) is 0.241. The second-order valence-electron chi connectivity index (χ2n) is 8.32. The molecule has 0 aliphatic rings. The first kappa shape index (κ1) is 30.8. The van der Waals surface area contributed by atoms with Crippen molar-refractivity contribution in [3.63, 3.8) is 0 Å². The Balaban J connectivity index is 0.000000288. The largest absolute Gasteiger partial charge is 0.264 e. The fraction of sp³-hybridized carbons (Fsp3) is 0.207. The Morgan fingerprint density at radius 1 is 0.892 bits per heavy atom. The van der Waals surface area contributed by atoms with E-state index in [9.17, 15) is 8.42 Å². The lowest BCUT2D eigenvalue weighted by atomic mass is 10.1. The molecule has 37 heavy (non-hydrogen) atoms. The van der Waals surface area contributed by atoms with E-state index in [-0.39, 0.29) is 11.6 Å². The molecule has 3 aromatic heterocycles. The Labute approximate surface area is 220 Å². The summed E-state index contributed by atoms with van der Waals surface area (Å²) in [6.07, 6.45) is 8.96. The summed E-state index contributed by atoms with van der Waals surface area (Å²) >= 11 is 0. The Hall–Kier alpha value is -4.22. The second kappa shape index (κ2) is 15.0. The number of nitrogens with zero attached hydrogens (tertiary/aromatic N) is 5. The number of hydrogen-bond acceptors (Lipinski definition) is 7. The monoisotopic (exact) mass is 515 g/mol. The highest BCUT2D eigenvalue weighted by atomic mass is 32.2. The topological polar surface area (TPSA) is 109 Å². The van der Waals surface area contributed by atoms with Gasteiger partial charge in [-0.15, -0.1) is 0 Å². The predicted octanol–water partition coefficient (Wildman–Crippen LogP) is 6.02. The van der Waals surface area contributed by atoms with E-state index in [4.69, 9.17) is 5.26 Å². The second-order valence-corrected chi connectivity index (χ2v) is 10.4. The molecule has 192 valence electrons. The zero-order valence-electron chi connectivity index (χ0n) is 21.9. The molecule has 3 rings (SSSR count). The smallest absolute Gasteiger partial charge is 0.232 e. The Morgan fingerprint density at radius 2 is 1.46 bits per heavy atom. The van der Waals surface area contributed by atoms with Gasteiger partial charge in [-0.1, -0.05) is 32.4 Å². The molecule has 0 aliphatic heterocycles. The molecule has 0 spiro atoms. The van der Waals surface area contributed by atoms with Crippen LogP contribution in [0.25, 0.3) is 16.7 Å². The highest BCUT2D eigenvalue weighted by Crippen LogP contribution is 2.11. The average Bonchev–Trinajstić information content (AvgIpc) is 2.88. The molecule has 0 N–H and O–H groups in total. The molecular formula is C29H33N5O2S. The van der Waals surface area contributed by atoms with Gasteiger partial charge in [0.25, 0.3) is 0 Å². The lowest BCUT2D eigenvalue weighted by Gasteiger charge is -2.02. The van der Waals surface area contributed by atoms with Gasteiger partial charge in [-0.2, -0.15) is 5.26 Å². The number of nitriles is 1. The van der Waals surface area contributed by atoms with Crippen molar-refractivity contribution < 1.29 is 8.42 Å². The molecule has 0 aromatic carbocycles. The molecule has 0 atom stereocenters. The SMILES string of the molecule is C=C(C)c1cnc(C#N)nc1.C=C(C)c1cncc(C)c1.C=CS(=O)(=O)CCc1ccc(C(=C)C)cn1. The van der Waals surface area contributed by atoms with Crippen LogP contribution in [0.2, 0.25) is 0 Å². The first-order valence-electron chi connectivity index (χ1n) is 11.3. The number of aryl methyl sites for hydroxylation is 2. The maximum atomic E-state index is 11.2. The van der Waals surface area contributed by atoms with Gasteiger partial charge in [0, 0.05) is 54.1 Å². The number of pyridine rings is 2. The van der Waals surface area contributed by atoms with E-state index in [0.717, 1.165) is 44.5 Å². The molecule has 3 aromatic rings. The minimum absolute atomic E-state index is 0.0515. The quantitative estimate of drug-likeness (QED) is 0.378. The van der Waals surface area contributed by atoms with Gasteiger partial charge < -0.3 is 0 Å². The molecule has 0 amide bonds. The predicted molar refractivity (Wildman–Crippen MR) is 152 cm³/mol. The molecular weight excluding hydrogens is 482 g/mol. The highest BCUT2D eigenvalue weighted by molar-refractivity contribution is 7.94. The standard InChI is InChI=1S/C12H15NO2S.C9H11N.C8H7N3/c1-4-16(14,15)8-7-12-6-5-11(9-13-12)10(2)3;1-7(2)9-4-8(3)5-10-6-9;1-6(2)7-4-10-8(3-9)11-5-7/h4-6,9H,1-2,7-8H2,3H3;4-6H,1H2,2-3H3;4-5H,1H2,2H3. The summed E-state index contributed by atoms with van der Waals surface area (Å²) < 4.78 is 22.4. The van der Waals surface area contributed by atoms with Crippen molar-refractivity contribution in [2.75, 3.05) is 5.75 Å². The minimum atomic E-state index is -3.14. The fourth-order valence-electron chi connectivity index (χ4n) is 2.55. The van der Waals surface area contributed by atoms with Gasteiger partial charge in [0.1, 0.15) is 6.07 Å². The summed E-state index contributed by atoms with van der Waals surface area (Å²) in [5, 5.41) is 9.35. The van der Waals surface area contributed by atoms with E-state index >= 15 is 0 Å². The number of sulfone groups is 1. The third-order valence-corrected chi connectivity index (χ3v) is 6.11. The van der Waals surface area contributed by atoms with Crippen LogP contribution in [0.4, 0.5) is 0 Å². The average molecular weight is 516 g/mol. The normalized spacial score (nSPS) is 9.92. The summed E-state index contributed by atoms with van der Waals surface area (Å²) in [5.41, 5.74) is 7.80. The van der Waals surface area contributed by atoms with Gasteiger partial charge >= 0.3 is 0 Å². The summed E-state index contributed by atoms with van der Waals surface area (Å²) in [6, 6.07) is 7.64. The summed E-state index contributed by atoms with van der Waals surface area (Å²) in [7, 11) is -3.14. The van der Waals surface area contributed by atoms with Crippen molar-refractivity contribution in [1.82, 2.24) is 19.9 Å². The third kappa shape index (κ3) is 11.8. The number of aromatic nitrogens is 4. The van der Waals surface area contributed by atoms with Gasteiger partial charge in [-0.05, 0) is 73.2 Å². The first-order chi connectivity index (χ1) is 17.4. The lowest BCUT2D eigenvalue weighted by molar-refractivity contribution is 0.603. The van der Waals surface area contributed by atoms with E-state index in [2.05, 4.69) is 52.3 Å². The van der Waals surface area contributed by atoms with Crippen molar-refractivity contribution in [1.29, 1.82) is 5.26 Å². The van der Waals surface area contributed by atoms with E-state index in [1.54, 1.807) is 18.6 Å². The van der Waals surface area contributed by atoms with Crippen molar-refractivity contribution in [3.05, 3.63) is 115 Å². The van der Waals surface area contributed by atoms with Crippen LogP contribution < -0.4 is 0 Å². The first-order valence-corrected chi connectivity index (χ1v) is 13.0. The fourth-order valence-corrected chi connectivity index (χ4v) is 3.21. The van der Waals surface area contributed by atoms with Crippen LogP contribution in [0, 0.1) is 18.3 Å². The van der Waals surface area contributed by atoms with E-state index in [0.29, 0.717) is 6.42 Å². The third-order valence-electron chi connectivity index (χ3n) is 4.83. The maximum Gasteiger partial charge on any atom is 0.232 e. The van der Waals surface area contributed by atoms with Crippen LogP contribution in [0.3, 0.4) is 0 Å². The molecule has 7 nitrogen and oxygen atoms in total. The Kier molecular flexibility index (Phi) is 12.5. The molecule has 0 radical (unpaired) electrons. The van der Waals surface area contributed by atoms with Crippen molar-refractivity contribution in [3.8, 4) is 6.07 Å². The van der Waals surface area contributed by atoms with Crippen LogP contribution in [-0.2, 0) is 16.3 Å². The Bertz CT molecular complexity index is 1390. The highest BCUT2D eigenvalue weighted by Gasteiger charge is 2.06. The van der Waals surface area contributed by atoms with Crippen molar-refractivity contribution >= 4 is 26.6 Å². The van der Waals surface area contributed by atoms with Crippen molar-refractivity contribution in [2.24, 2.45) is 0 Å². The zero-order chi connectivity index (χ0) is 28.0. The lowest BCUT2D eigenvalue weighted by Crippen LogP contribution is -2.05. The van der Waals surface area contributed by atoms with Crippen LogP contribution in [-0.4, -0.2) is 34.1 Å². The van der Waals surface area contributed by atoms with Gasteiger partial charge in [0.15, 0.2) is 9.84 Å². The number of rotatable bonds is 7. The molecule has 0 saturated heterocycles. The summed E-state index contributed by atoms with van der Waals surface area (Å²) in [4.78, 5) is 15.8. The van der Waals surface area contributed by atoms with E-state index < -0.39 is 9.84 Å². The van der Waals surface area contributed by atoms with Crippen LogP contribution >= 0.6 is 0 Å². The molecule has 0 aliphatic carbocycles. The zero-order valence-corrected chi connectivity index (χ0v) is 22.7. The summed E-state index contributed by atoms with van der Waals surface area (Å²) in [6.45, 7) is 22.4. The van der Waals surface area contributed by atoms with Crippen molar-refractivity contribution in [2.45, 2.75) is 34.1 Å². The Morgan fingerprint density at radius 3 is 1.86 bits per heavy atom. The maximum absolute atomic E-state index is 11.2. The molecule has 3 heterocycles. The molecule has 0 unspecified atom stereocenters. The molecule has 0 saturated carbocycles. The number of allylic oxidation sites excluding steroid dienone is 3. The molecule has 0 fully saturated rings. The molecule has 0 bridgehead atoms. The minimum Gasteiger partial charge on any atom is -0.264 e. The van der Waals surface area contributed by atoms with E-state index in [1.165, 1.54) is 5.56 Å².